The van der Waals surface area contributed by atoms with E-state index >= 15 is 0 Å². The lowest BCUT2D eigenvalue weighted by molar-refractivity contribution is 0.0610. The fraction of sp³-hybridized carbons (Fsp3) is 0.556. The Morgan fingerprint density at radius 1 is 1.69 bits per heavy atom. The average Bonchev–Trinajstić information content (AvgIpc) is 2.51. The first kappa shape index (κ1) is 8.29. The van der Waals surface area contributed by atoms with Crippen LogP contribution in [0.4, 0.5) is 0 Å². The van der Waals surface area contributed by atoms with E-state index in [-0.39, 0.29) is 5.91 Å². The van der Waals surface area contributed by atoms with Crippen LogP contribution in [0.15, 0.2) is 16.8 Å². The Morgan fingerprint density at radius 3 is 2.92 bits per heavy atom. The van der Waals surface area contributed by atoms with Crippen molar-refractivity contribution >= 4 is 5.91 Å². The molecule has 4 heteroatoms. The molecule has 1 fully saturated rings. The fourth-order valence-corrected chi connectivity index (χ4v) is 1.44. The first-order chi connectivity index (χ1) is 6.29. The number of hydrogen-bond donors (Lipinski definition) is 0. The van der Waals surface area contributed by atoms with Gasteiger partial charge in [0, 0.05) is 19.2 Å². The Balaban J connectivity index is 2.04. The van der Waals surface area contributed by atoms with Crippen molar-refractivity contribution in [1.29, 1.82) is 0 Å². The summed E-state index contributed by atoms with van der Waals surface area (Å²) in [5.41, 5.74) is 0. The van der Waals surface area contributed by atoms with Crippen LogP contribution in [0, 0.1) is 0 Å². The number of hydrogen-bond acceptors (Lipinski definition) is 3. The number of carbonyl (C=O) groups is 1. The third-order valence-corrected chi connectivity index (χ3v) is 2.59. The van der Waals surface area contributed by atoms with E-state index in [1.54, 1.807) is 11.0 Å². The lowest BCUT2D eigenvalue weighted by Gasteiger charge is -2.33. The van der Waals surface area contributed by atoms with Crippen LogP contribution in [-0.2, 0) is 0 Å². The molecule has 1 heterocycles. The summed E-state index contributed by atoms with van der Waals surface area (Å²) >= 11 is 0. The Morgan fingerprint density at radius 2 is 2.46 bits per heavy atom. The molecule has 13 heavy (non-hydrogen) atoms. The molecule has 0 aliphatic heterocycles. The van der Waals surface area contributed by atoms with Crippen LogP contribution in [0.3, 0.4) is 0 Å². The molecule has 1 amide bonds. The molecule has 0 bridgehead atoms. The van der Waals surface area contributed by atoms with Crippen molar-refractivity contribution in [2.45, 2.75) is 25.3 Å². The van der Waals surface area contributed by atoms with Gasteiger partial charge in [-0.15, -0.1) is 0 Å². The molecule has 70 valence electrons. The van der Waals surface area contributed by atoms with Gasteiger partial charge in [0.25, 0.3) is 5.91 Å². The zero-order valence-electron chi connectivity index (χ0n) is 7.56. The Hall–Kier alpha value is -1.32. The molecule has 0 radical (unpaired) electrons. The van der Waals surface area contributed by atoms with Gasteiger partial charge >= 0.3 is 0 Å². The number of amides is 1. The maximum Gasteiger partial charge on any atom is 0.292 e. The summed E-state index contributed by atoms with van der Waals surface area (Å²) in [5, 5.41) is 3.51. The van der Waals surface area contributed by atoms with E-state index in [1.165, 1.54) is 12.6 Å². The minimum atomic E-state index is -0.0674. The summed E-state index contributed by atoms with van der Waals surface area (Å²) in [6.45, 7) is 0. The SMILES string of the molecule is CN(C(=O)c1ccno1)C1CCC1. The van der Waals surface area contributed by atoms with Crippen LogP contribution < -0.4 is 0 Å². The Kier molecular flexibility index (Phi) is 2.04. The molecule has 1 saturated carbocycles. The molecule has 0 spiro atoms. The fourth-order valence-electron chi connectivity index (χ4n) is 1.44. The lowest BCUT2D eigenvalue weighted by atomic mass is 9.92. The molecule has 0 atom stereocenters. The largest absolute Gasteiger partial charge is 0.351 e. The topological polar surface area (TPSA) is 46.3 Å². The first-order valence-electron chi connectivity index (χ1n) is 4.47. The molecular formula is C9H12N2O2. The van der Waals surface area contributed by atoms with Crippen LogP contribution in [-0.4, -0.2) is 29.1 Å². The van der Waals surface area contributed by atoms with Gasteiger partial charge in [0.2, 0.25) is 5.76 Å². The molecule has 2 rings (SSSR count). The zero-order chi connectivity index (χ0) is 9.26. The third kappa shape index (κ3) is 1.43. The summed E-state index contributed by atoms with van der Waals surface area (Å²) < 4.78 is 4.79. The molecule has 0 N–H and O–H groups in total. The van der Waals surface area contributed by atoms with E-state index in [0.717, 1.165) is 12.8 Å². The van der Waals surface area contributed by atoms with E-state index in [4.69, 9.17) is 4.52 Å². The minimum Gasteiger partial charge on any atom is -0.351 e. The molecule has 0 aromatic carbocycles. The van der Waals surface area contributed by atoms with Gasteiger partial charge in [-0.3, -0.25) is 4.79 Å². The second-order valence-electron chi connectivity index (χ2n) is 3.38. The molecule has 4 nitrogen and oxygen atoms in total. The third-order valence-electron chi connectivity index (χ3n) is 2.59. The normalized spacial score (nSPS) is 16.7. The van der Waals surface area contributed by atoms with E-state index in [2.05, 4.69) is 5.16 Å². The molecule has 1 aliphatic rings. The minimum absolute atomic E-state index is 0.0674. The summed E-state index contributed by atoms with van der Waals surface area (Å²) in [7, 11) is 1.81. The highest BCUT2D eigenvalue weighted by Crippen LogP contribution is 2.24. The molecule has 1 aliphatic carbocycles. The highest BCUT2D eigenvalue weighted by molar-refractivity contribution is 5.91. The first-order valence-corrected chi connectivity index (χ1v) is 4.47. The van der Waals surface area contributed by atoms with Gasteiger partial charge in [0.05, 0.1) is 6.20 Å². The maximum absolute atomic E-state index is 11.6. The summed E-state index contributed by atoms with van der Waals surface area (Å²) in [5.74, 6) is 0.261. The van der Waals surface area contributed by atoms with Gasteiger partial charge in [-0.05, 0) is 19.3 Å². The van der Waals surface area contributed by atoms with Crippen molar-refractivity contribution in [3.63, 3.8) is 0 Å². The molecule has 1 aromatic heterocycles. The van der Waals surface area contributed by atoms with Crippen molar-refractivity contribution in [2.24, 2.45) is 0 Å². The predicted octanol–water partition coefficient (Wildman–Crippen LogP) is 1.30. The zero-order valence-corrected chi connectivity index (χ0v) is 7.56. The Bertz CT molecular complexity index is 291. The van der Waals surface area contributed by atoms with Crippen molar-refractivity contribution in [2.75, 3.05) is 7.05 Å². The van der Waals surface area contributed by atoms with E-state index in [9.17, 15) is 4.79 Å². The number of aromatic nitrogens is 1. The monoisotopic (exact) mass is 180 g/mol. The van der Waals surface area contributed by atoms with E-state index < -0.39 is 0 Å². The van der Waals surface area contributed by atoms with Crippen LogP contribution in [0.5, 0.6) is 0 Å². The predicted molar refractivity (Wildman–Crippen MR) is 46.2 cm³/mol. The molecule has 0 saturated heterocycles. The quantitative estimate of drug-likeness (QED) is 0.689. The summed E-state index contributed by atoms with van der Waals surface area (Å²) in [6.07, 6.45) is 4.92. The van der Waals surface area contributed by atoms with E-state index in [1.807, 2.05) is 7.05 Å². The van der Waals surface area contributed by atoms with Gasteiger partial charge in [-0.2, -0.15) is 0 Å². The second-order valence-corrected chi connectivity index (χ2v) is 3.38. The average molecular weight is 180 g/mol. The van der Waals surface area contributed by atoms with Crippen molar-refractivity contribution < 1.29 is 9.32 Å². The molecule has 1 aromatic rings. The maximum atomic E-state index is 11.6. The smallest absolute Gasteiger partial charge is 0.292 e. The van der Waals surface area contributed by atoms with Crippen LogP contribution >= 0.6 is 0 Å². The molecular weight excluding hydrogens is 168 g/mol. The van der Waals surface area contributed by atoms with Crippen molar-refractivity contribution in [3.8, 4) is 0 Å². The lowest BCUT2D eigenvalue weighted by Crippen LogP contribution is -2.41. The van der Waals surface area contributed by atoms with Gasteiger partial charge < -0.3 is 9.42 Å². The van der Waals surface area contributed by atoms with Gasteiger partial charge in [0.15, 0.2) is 0 Å². The van der Waals surface area contributed by atoms with Crippen LogP contribution in [0.25, 0.3) is 0 Å². The standard InChI is InChI=1S/C9H12N2O2/c1-11(7-3-2-4-7)9(12)8-5-6-10-13-8/h5-7H,2-4H2,1H3. The van der Waals surface area contributed by atoms with Crippen molar-refractivity contribution in [1.82, 2.24) is 10.1 Å². The van der Waals surface area contributed by atoms with Gasteiger partial charge in [0.1, 0.15) is 0 Å². The highest BCUT2D eigenvalue weighted by atomic mass is 16.5. The summed E-state index contributed by atoms with van der Waals surface area (Å²) in [4.78, 5) is 13.4. The Labute approximate surface area is 76.5 Å². The number of carbonyl (C=O) groups excluding carboxylic acids is 1. The second kappa shape index (κ2) is 3.20. The number of nitrogens with zero attached hydrogens (tertiary/aromatic N) is 2. The van der Waals surface area contributed by atoms with Gasteiger partial charge in [-0.1, -0.05) is 5.16 Å². The van der Waals surface area contributed by atoms with E-state index in [0.29, 0.717) is 11.8 Å². The van der Waals surface area contributed by atoms with Crippen LogP contribution in [0.2, 0.25) is 0 Å². The number of rotatable bonds is 2. The highest BCUT2D eigenvalue weighted by Gasteiger charge is 2.27. The summed E-state index contributed by atoms with van der Waals surface area (Å²) in [6, 6.07) is 2.00. The van der Waals surface area contributed by atoms with Crippen molar-refractivity contribution in [3.05, 3.63) is 18.0 Å². The van der Waals surface area contributed by atoms with Crippen LogP contribution in [0.1, 0.15) is 29.8 Å². The molecule has 0 unspecified atom stereocenters. The van der Waals surface area contributed by atoms with Gasteiger partial charge in [-0.25, -0.2) is 0 Å².